The number of sulfonamides is 1. The zero-order valence-electron chi connectivity index (χ0n) is 16.7. The fraction of sp³-hybridized carbons (Fsp3) is 0.333. The van der Waals surface area contributed by atoms with Gasteiger partial charge in [-0.25, -0.2) is 13.2 Å². The van der Waals surface area contributed by atoms with Crippen molar-refractivity contribution in [1.29, 1.82) is 0 Å². The molecule has 0 saturated heterocycles. The predicted octanol–water partition coefficient (Wildman–Crippen LogP) is 3.43. The lowest BCUT2D eigenvalue weighted by Crippen LogP contribution is -2.36. The second-order valence-electron chi connectivity index (χ2n) is 7.63. The molecule has 3 N–H and O–H groups in total. The first-order valence-corrected chi connectivity index (χ1v) is 11.2. The number of amides is 1. The lowest BCUT2D eigenvalue weighted by molar-refractivity contribution is -0.192. The Balaban J connectivity index is 0.000000360. The number of nitrogens with one attached hydrogen (secondary N) is 2. The van der Waals surface area contributed by atoms with Crippen molar-refractivity contribution in [2.75, 3.05) is 4.72 Å². The van der Waals surface area contributed by atoms with Gasteiger partial charge in [-0.2, -0.15) is 13.2 Å². The van der Waals surface area contributed by atoms with E-state index in [9.17, 15) is 26.4 Å². The standard InChI is InChI=1S/C19H20N2O3S.C2HF3O2/c22-18(20-15-10-11-15)19(12-13-19)14-6-8-16(9-7-14)21-25(23,24)17-4-2-1-3-5-17;3-2(4,5)1(6)7/h1-9,15,21H,10-13H2,(H,20,22);(H,6,7). The summed E-state index contributed by atoms with van der Waals surface area (Å²) in [6.07, 6.45) is -1.24. The molecule has 2 fully saturated rings. The van der Waals surface area contributed by atoms with Gasteiger partial charge in [0.05, 0.1) is 10.3 Å². The number of carboxylic acids is 1. The number of halogens is 3. The lowest BCUT2D eigenvalue weighted by Gasteiger charge is -2.16. The normalized spacial score (nSPS) is 16.8. The minimum atomic E-state index is -5.08. The molecule has 0 bridgehead atoms. The fourth-order valence-corrected chi connectivity index (χ4v) is 4.07. The van der Waals surface area contributed by atoms with Crippen LogP contribution < -0.4 is 10.0 Å². The van der Waals surface area contributed by atoms with E-state index < -0.39 is 27.6 Å². The molecule has 0 aromatic heterocycles. The van der Waals surface area contributed by atoms with Gasteiger partial charge in [-0.05, 0) is 55.5 Å². The van der Waals surface area contributed by atoms with Gasteiger partial charge in [0.1, 0.15) is 0 Å². The van der Waals surface area contributed by atoms with Crippen LogP contribution in [0.3, 0.4) is 0 Å². The quantitative estimate of drug-likeness (QED) is 0.599. The molecule has 0 spiro atoms. The number of anilines is 1. The van der Waals surface area contributed by atoms with Crippen molar-refractivity contribution in [3.63, 3.8) is 0 Å². The van der Waals surface area contributed by atoms with E-state index in [1.165, 1.54) is 0 Å². The zero-order valence-corrected chi connectivity index (χ0v) is 17.5. The third-order valence-corrected chi connectivity index (χ3v) is 6.48. The van der Waals surface area contributed by atoms with Gasteiger partial charge in [0.2, 0.25) is 5.91 Å². The second kappa shape index (κ2) is 8.81. The Morgan fingerprint density at radius 3 is 1.94 bits per heavy atom. The maximum Gasteiger partial charge on any atom is 0.490 e. The number of carbonyl (C=O) groups is 2. The van der Waals surface area contributed by atoms with Crippen LogP contribution in [0.4, 0.5) is 18.9 Å². The molecule has 2 aromatic rings. The highest BCUT2D eigenvalue weighted by Gasteiger charge is 2.52. The number of hydrogen-bond acceptors (Lipinski definition) is 4. The number of hydrogen-bond donors (Lipinski definition) is 3. The molecule has 11 heteroatoms. The molecule has 1 amide bonds. The van der Waals surface area contributed by atoms with Crippen molar-refractivity contribution in [3.8, 4) is 0 Å². The molecule has 4 rings (SSSR count). The van der Waals surface area contributed by atoms with Crippen molar-refractivity contribution < 1.29 is 36.3 Å². The zero-order chi connectivity index (χ0) is 23.6. The van der Waals surface area contributed by atoms with E-state index in [1.54, 1.807) is 42.5 Å². The maximum absolute atomic E-state index is 12.5. The summed E-state index contributed by atoms with van der Waals surface area (Å²) in [5.74, 6) is -2.65. The van der Waals surface area contributed by atoms with E-state index in [0.717, 1.165) is 31.2 Å². The number of carbonyl (C=O) groups excluding carboxylic acids is 1. The third-order valence-electron chi connectivity index (χ3n) is 5.08. The highest BCUT2D eigenvalue weighted by Crippen LogP contribution is 2.49. The summed E-state index contributed by atoms with van der Waals surface area (Å²) < 4.78 is 59.0. The number of benzene rings is 2. The molecule has 0 aliphatic heterocycles. The first-order valence-electron chi connectivity index (χ1n) is 9.73. The van der Waals surface area contributed by atoms with Gasteiger partial charge in [0.15, 0.2) is 0 Å². The van der Waals surface area contributed by atoms with Crippen molar-refractivity contribution in [3.05, 3.63) is 60.2 Å². The smallest absolute Gasteiger partial charge is 0.475 e. The Labute approximate surface area is 182 Å². The van der Waals surface area contributed by atoms with Crippen molar-refractivity contribution >= 4 is 27.6 Å². The first kappa shape index (κ1) is 23.6. The van der Waals surface area contributed by atoms with E-state index >= 15 is 0 Å². The van der Waals surface area contributed by atoms with Crippen LogP contribution in [-0.2, 0) is 25.0 Å². The van der Waals surface area contributed by atoms with Crippen LogP contribution in [0.5, 0.6) is 0 Å². The van der Waals surface area contributed by atoms with Gasteiger partial charge in [-0.3, -0.25) is 9.52 Å². The SMILES string of the molecule is O=C(NC1CC1)C1(c2ccc(NS(=O)(=O)c3ccccc3)cc2)CC1.O=C(O)C(F)(F)F. The van der Waals surface area contributed by atoms with E-state index in [0.29, 0.717) is 11.7 Å². The molecule has 172 valence electrons. The Hall–Kier alpha value is -3.08. The van der Waals surface area contributed by atoms with Crippen LogP contribution in [0.2, 0.25) is 0 Å². The van der Waals surface area contributed by atoms with Crippen LogP contribution in [-0.4, -0.2) is 37.6 Å². The summed E-state index contributed by atoms with van der Waals surface area (Å²) in [6.45, 7) is 0. The van der Waals surface area contributed by atoms with Crippen LogP contribution in [0.15, 0.2) is 59.5 Å². The molecule has 2 aromatic carbocycles. The van der Waals surface area contributed by atoms with E-state index in [4.69, 9.17) is 9.90 Å². The summed E-state index contributed by atoms with van der Waals surface area (Å²) in [4.78, 5) is 21.6. The molecule has 2 aliphatic carbocycles. The lowest BCUT2D eigenvalue weighted by atomic mass is 9.95. The monoisotopic (exact) mass is 470 g/mol. The summed E-state index contributed by atoms with van der Waals surface area (Å²) in [5.41, 5.74) is 1.03. The fourth-order valence-electron chi connectivity index (χ4n) is 2.99. The van der Waals surface area contributed by atoms with Gasteiger partial charge in [0.25, 0.3) is 10.0 Å². The Morgan fingerprint density at radius 2 is 1.50 bits per heavy atom. The molecule has 2 aliphatic rings. The van der Waals surface area contributed by atoms with Gasteiger partial charge in [-0.1, -0.05) is 30.3 Å². The third kappa shape index (κ3) is 5.78. The Kier molecular flexibility index (Phi) is 6.49. The van der Waals surface area contributed by atoms with E-state index in [2.05, 4.69) is 10.0 Å². The van der Waals surface area contributed by atoms with Crippen LogP contribution in [0.1, 0.15) is 31.2 Å². The number of alkyl halides is 3. The predicted molar refractivity (Wildman–Crippen MR) is 109 cm³/mol. The number of carboxylic acid groups (broad SMARTS) is 1. The summed E-state index contributed by atoms with van der Waals surface area (Å²) in [5, 5.41) is 10.2. The summed E-state index contributed by atoms with van der Waals surface area (Å²) >= 11 is 0. The minimum Gasteiger partial charge on any atom is -0.475 e. The Bertz CT molecular complexity index is 1080. The topological polar surface area (TPSA) is 113 Å². The van der Waals surface area contributed by atoms with Gasteiger partial charge < -0.3 is 10.4 Å². The van der Waals surface area contributed by atoms with E-state index in [1.807, 2.05) is 12.1 Å². The summed E-state index contributed by atoms with van der Waals surface area (Å²) in [7, 11) is -3.60. The average Bonchev–Trinajstić information content (AvgIpc) is 3.64. The Morgan fingerprint density at radius 1 is 0.969 bits per heavy atom. The number of aliphatic carboxylic acids is 1. The van der Waals surface area contributed by atoms with E-state index in [-0.39, 0.29) is 10.8 Å². The van der Waals surface area contributed by atoms with Crippen LogP contribution in [0.25, 0.3) is 0 Å². The molecule has 32 heavy (non-hydrogen) atoms. The number of rotatable bonds is 6. The van der Waals surface area contributed by atoms with Gasteiger partial charge in [-0.15, -0.1) is 0 Å². The first-order chi connectivity index (χ1) is 14.9. The van der Waals surface area contributed by atoms with Crippen molar-refractivity contribution in [2.24, 2.45) is 0 Å². The maximum atomic E-state index is 12.5. The van der Waals surface area contributed by atoms with Crippen LogP contribution >= 0.6 is 0 Å². The van der Waals surface area contributed by atoms with Crippen molar-refractivity contribution in [1.82, 2.24) is 5.32 Å². The molecule has 0 atom stereocenters. The largest absolute Gasteiger partial charge is 0.490 e. The molecule has 7 nitrogen and oxygen atoms in total. The van der Waals surface area contributed by atoms with Crippen molar-refractivity contribution in [2.45, 2.75) is 48.2 Å². The summed E-state index contributed by atoms with van der Waals surface area (Å²) in [6, 6.07) is 15.7. The van der Waals surface area contributed by atoms with Gasteiger partial charge in [0, 0.05) is 11.7 Å². The molecule has 0 heterocycles. The average molecular weight is 470 g/mol. The van der Waals surface area contributed by atoms with Crippen LogP contribution in [0, 0.1) is 0 Å². The van der Waals surface area contributed by atoms with Gasteiger partial charge >= 0.3 is 12.1 Å². The molecule has 2 saturated carbocycles. The second-order valence-corrected chi connectivity index (χ2v) is 9.31. The molecule has 0 unspecified atom stereocenters. The molecular weight excluding hydrogens is 449 g/mol. The molecule has 0 radical (unpaired) electrons. The molecular formula is C21H21F3N2O5S. The highest BCUT2D eigenvalue weighted by atomic mass is 32.2. The minimum absolute atomic E-state index is 0.104. The highest BCUT2D eigenvalue weighted by molar-refractivity contribution is 7.92.